The summed E-state index contributed by atoms with van der Waals surface area (Å²) in [6.45, 7) is 5.35. The molecule has 0 saturated carbocycles. The summed E-state index contributed by atoms with van der Waals surface area (Å²) in [6, 6.07) is 8.76. The zero-order chi connectivity index (χ0) is 18.5. The SMILES string of the molecule is O=C(CCCc1cn(CN2CCCCCC2)c2ccccc12)N1CCCC1. The first kappa shape index (κ1) is 18.5. The molecule has 146 valence electrons. The lowest BCUT2D eigenvalue weighted by Gasteiger charge is -2.21. The third-order valence-electron chi connectivity index (χ3n) is 6.22. The van der Waals surface area contributed by atoms with Crippen molar-refractivity contribution in [3.8, 4) is 0 Å². The Hall–Kier alpha value is -1.81. The molecule has 1 aromatic heterocycles. The van der Waals surface area contributed by atoms with Crippen LogP contribution in [0.15, 0.2) is 30.5 Å². The van der Waals surface area contributed by atoms with Gasteiger partial charge in [0.1, 0.15) is 0 Å². The van der Waals surface area contributed by atoms with E-state index in [2.05, 4.69) is 39.9 Å². The van der Waals surface area contributed by atoms with Crippen LogP contribution in [0.4, 0.5) is 0 Å². The van der Waals surface area contributed by atoms with Gasteiger partial charge < -0.3 is 9.47 Å². The molecule has 0 radical (unpaired) electrons. The predicted octanol–water partition coefficient (Wildman–Crippen LogP) is 4.42. The van der Waals surface area contributed by atoms with Crippen LogP contribution >= 0.6 is 0 Å². The number of benzene rings is 1. The Balaban J connectivity index is 1.42. The molecule has 0 spiro atoms. The largest absolute Gasteiger partial charge is 0.343 e. The van der Waals surface area contributed by atoms with E-state index in [0.29, 0.717) is 12.3 Å². The number of nitrogens with zero attached hydrogens (tertiary/aromatic N) is 3. The van der Waals surface area contributed by atoms with E-state index in [-0.39, 0.29) is 0 Å². The molecular formula is C23H33N3O. The molecule has 0 aliphatic carbocycles. The summed E-state index contributed by atoms with van der Waals surface area (Å²) in [5.41, 5.74) is 2.73. The number of carbonyl (C=O) groups is 1. The molecule has 1 aromatic carbocycles. The van der Waals surface area contributed by atoms with Gasteiger partial charge >= 0.3 is 0 Å². The average molecular weight is 368 g/mol. The number of fused-ring (bicyclic) bond motifs is 1. The van der Waals surface area contributed by atoms with Crippen LogP contribution in [-0.2, 0) is 17.9 Å². The normalized spacial score (nSPS) is 18.9. The summed E-state index contributed by atoms with van der Waals surface area (Å²) in [5, 5.41) is 1.36. The third kappa shape index (κ3) is 4.55. The topological polar surface area (TPSA) is 28.5 Å². The van der Waals surface area contributed by atoms with Crippen LogP contribution in [0.5, 0.6) is 0 Å². The molecule has 4 nitrogen and oxygen atoms in total. The molecule has 0 bridgehead atoms. The number of carbonyl (C=O) groups excluding carboxylic acids is 1. The lowest BCUT2D eigenvalue weighted by Crippen LogP contribution is -2.27. The number of likely N-dealkylation sites (tertiary alicyclic amines) is 2. The molecule has 2 aromatic rings. The third-order valence-corrected chi connectivity index (χ3v) is 6.22. The lowest BCUT2D eigenvalue weighted by molar-refractivity contribution is -0.130. The highest BCUT2D eigenvalue weighted by Crippen LogP contribution is 2.24. The van der Waals surface area contributed by atoms with Crippen molar-refractivity contribution < 1.29 is 4.79 Å². The van der Waals surface area contributed by atoms with E-state index < -0.39 is 0 Å². The Kier molecular flexibility index (Phi) is 6.13. The van der Waals surface area contributed by atoms with E-state index in [0.717, 1.165) is 32.6 Å². The first-order chi connectivity index (χ1) is 13.3. The smallest absolute Gasteiger partial charge is 0.222 e. The van der Waals surface area contributed by atoms with E-state index in [1.54, 1.807) is 0 Å². The number of aromatic nitrogens is 1. The van der Waals surface area contributed by atoms with Gasteiger partial charge in [-0.05, 0) is 63.2 Å². The molecular weight excluding hydrogens is 334 g/mol. The fraction of sp³-hybridized carbons (Fsp3) is 0.609. The van der Waals surface area contributed by atoms with E-state index >= 15 is 0 Å². The zero-order valence-electron chi connectivity index (χ0n) is 16.5. The molecule has 2 fully saturated rings. The monoisotopic (exact) mass is 367 g/mol. The van der Waals surface area contributed by atoms with Crippen LogP contribution in [-0.4, -0.2) is 46.5 Å². The highest BCUT2D eigenvalue weighted by atomic mass is 16.2. The molecule has 2 aliphatic heterocycles. The van der Waals surface area contributed by atoms with Crippen LogP contribution in [0.1, 0.15) is 56.9 Å². The first-order valence-corrected chi connectivity index (χ1v) is 10.9. The average Bonchev–Trinajstić information content (AvgIpc) is 3.26. The van der Waals surface area contributed by atoms with Gasteiger partial charge in [-0.1, -0.05) is 31.0 Å². The van der Waals surface area contributed by atoms with Crippen molar-refractivity contribution in [3.63, 3.8) is 0 Å². The van der Waals surface area contributed by atoms with Crippen LogP contribution in [0.25, 0.3) is 10.9 Å². The Morgan fingerprint density at radius 3 is 2.37 bits per heavy atom. The van der Waals surface area contributed by atoms with Crippen molar-refractivity contribution in [2.45, 2.75) is 64.5 Å². The quantitative estimate of drug-likeness (QED) is 0.756. The molecule has 2 saturated heterocycles. The molecule has 1 amide bonds. The molecule has 0 atom stereocenters. The minimum atomic E-state index is 0.348. The lowest BCUT2D eigenvalue weighted by atomic mass is 10.1. The minimum Gasteiger partial charge on any atom is -0.343 e. The minimum absolute atomic E-state index is 0.348. The Labute approximate surface area is 163 Å². The number of hydrogen-bond donors (Lipinski definition) is 0. The molecule has 4 heteroatoms. The van der Waals surface area contributed by atoms with Crippen LogP contribution < -0.4 is 0 Å². The van der Waals surface area contributed by atoms with Crippen LogP contribution in [0, 0.1) is 0 Å². The molecule has 0 unspecified atom stereocenters. The number of hydrogen-bond acceptors (Lipinski definition) is 2. The summed E-state index contributed by atoms with van der Waals surface area (Å²) in [6.07, 6.45) is 12.7. The first-order valence-electron chi connectivity index (χ1n) is 10.9. The van der Waals surface area contributed by atoms with Gasteiger partial charge in [-0.25, -0.2) is 0 Å². The molecule has 27 heavy (non-hydrogen) atoms. The van der Waals surface area contributed by atoms with Gasteiger partial charge in [0.15, 0.2) is 0 Å². The van der Waals surface area contributed by atoms with E-state index in [1.807, 2.05) is 4.90 Å². The molecule has 0 N–H and O–H groups in total. The second-order valence-electron chi connectivity index (χ2n) is 8.26. The van der Waals surface area contributed by atoms with Gasteiger partial charge in [-0.2, -0.15) is 0 Å². The second-order valence-corrected chi connectivity index (χ2v) is 8.26. The number of aryl methyl sites for hydroxylation is 1. The van der Waals surface area contributed by atoms with Gasteiger partial charge in [0.2, 0.25) is 5.91 Å². The Bertz CT molecular complexity index is 752. The van der Waals surface area contributed by atoms with Crippen molar-refractivity contribution in [1.29, 1.82) is 0 Å². The van der Waals surface area contributed by atoms with Crippen molar-refractivity contribution in [3.05, 3.63) is 36.0 Å². The maximum absolute atomic E-state index is 12.3. The Morgan fingerprint density at radius 2 is 1.59 bits per heavy atom. The van der Waals surface area contributed by atoms with Crippen molar-refractivity contribution in [2.24, 2.45) is 0 Å². The van der Waals surface area contributed by atoms with Crippen molar-refractivity contribution in [1.82, 2.24) is 14.4 Å². The predicted molar refractivity (Wildman–Crippen MR) is 111 cm³/mol. The van der Waals surface area contributed by atoms with Gasteiger partial charge in [0.25, 0.3) is 0 Å². The standard InChI is InChI=1S/C23H33N3O/c27-23(25-16-7-8-17-25)13-9-10-20-18-26(22-12-4-3-11-21(20)22)19-24-14-5-1-2-6-15-24/h3-4,11-12,18H,1-2,5-10,13-17,19H2. The van der Waals surface area contributed by atoms with Gasteiger partial charge in [0, 0.05) is 36.6 Å². The molecule has 4 rings (SSSR count). The second kappa shape index (κ2) is 8.92. The summed E-state index contributed by atoms with van der Waals surface area (Å²) in [4.78, 5) is 17.0. The number of amides is 1. The molecule has 3 heterocycles. The maximum Gasteiger partial charge on any atom is 0.222 e. The van der Waals surface area contributed by atoms with Crippen molar-refractivity contribution >= 4 is 16.8 Å². The number of rotatable bonds is 6. The highest BCUT2D eigenvalue weighted by Gasteiger charge is 2.18. The van der Waals surface area contributed by atoms with E-state index in [4.69, 9.17) is 0 Å². The Morgan fingerprint density at radius 1 is 0.889 bits per heavy atom. The fourth-order valence-electron chi connectivity index (χ4n) is 4.69. The van der Waals surface area contributed by atoms with Gasteiger partial charge in [-0.3, -0.25) is 9.69 Å². The van der Waals surface area contributed by atoms with Crippen LogP contribution in [0.2, 0.25) is 0 Å². The summed E-state index contributed by atoms with van der Waals surface area (Å²) in [5.74, 6) is 0.348. The van der Waals surface area contributed by atoms with Crippen LogP contribution in [0.3, 0.4) is 0 Å². The summed E-state index contributed by atoms with van der Waals surface area (Å²) in [7, 11) is 0. The molecule has 2 aliphatic rings. The van der Waals surface area contributed by atoms with Gasteiger partial charge in [0.05, 0.1) is 6.67 Å². The number of para-hydroxylation sites is 1. The highest BCUT2D eigenvalue weighted by molar-refractivity contribution is 5.84. The summed E-state index contributed by atoms with van der Waals surface area (Å²) >= 11 is 0. The van der Waals surface area contributed by atoms with E-state index in [9.17, 15) is 4.79 Å². The van der Waals surface area contributed by atoms with E-state index in [1.165, 1.54) is 68.1 Å². The van der Waals surface area contributed by atoms with Crippen molar-refractivity contribution in [2.75, 3.05) is 26.2 Å². The zero-order valence-corrected chi connectivity index (χ0v) is 16.5. The summed E-state index contributed by atoms with van der Waals surface area (Å²) < 4.78 is 2.43. The maximum atomic E-state index is 12.3. The fourth-order valence-corrected chi connectivity index (χ4v) is 4.69. The van der Waals surface area contributed by atoms with Gasteiger partial charge in [-0.15, -0.1) is 0 Å².